The Kier molecular flexibility index (Phi) is 4.23. The number of thiophene rings is 1. The number of hydrogen-bond acceptors (Lipinski definition) is 5. The number of ether oxygens (including phenoxy) is 1. The van der Waals surface area contributed by atoms with E-state index >= 15 is 0 Å². The molecule has 11 rings (SSSR count). The average molecular weight is 503 g/mol. The van der Waals surface area contributed by atoms with E-state index in [0.29, 0.717) is 12.0 Å². The molecule has 1 saturated heterocycles. The zero-order valence-corrected chi connectivity index (χ0v) is 22.1. The number of likely N-dealkylation sites (tertiary alicyclic amines) is 1. The number of fused-ring (bicyclic) bond motifs is 2. The molecule has 1 atom stereocenters. The van der Waals surface area contributed by atoms with Crippen molar-refractivity contribution in [2.75, 3.05) is 13.7 Å². The molecule has 36 heavy (non-hydrogen) atoms. The Bertz CT molecular complexity index is 1240. The largest absolute Gasteiger partial charge is 0.381 e. The predicted octanol–water partition coefficient (Wildman–Crippen LogP) is 5.55. The third kappa shape index (κ3) is 2.25. The van der Waals surface area contributed by atoms with E-state index in [1.807, 2.05) is 18.4 Å². The summed E-state index contributed by atoms with van der Waals surface area (Å²) in [5, 5.41) is 9.46. The summed E-state index contributed by atoms with van der Waals surface area (Å²) in [4.78, 5) is 32.1. The molecule has 0 N–H and O–H groups in total. The number of amides is 2. The minimum Gasteiger partial charge on any atom is -0.381 e. The van der Waals surface area contributed by atoms with Crippen LogP contribution in [-0.4, -0.2) is 36.5 Å². The standard InChI is InChI=1S/C30H34N2O3S/c1-16-21-10-22(19-3-5-20(35-2)6-4-19)36-25(21)30(24-23(16)26(33)32(8-7-31)27(24)34)28-11-17-9-18(13-28)14-29(30,12-17)15-28/h10,17-20,24H,3-6,8-9,11-15H2,1-2H3. The zero-order chi connectivity index (χ0) is 24.6. The molecule has 2 amide bonds. The van der Waals surface area contributed by atoms with Crippen molar-refractivity contribution in [1.29, 1.82) is 5.26 Å². The van der Waals surface area contributed by atoms with Gasteiger partial charge in [0.05, 0.1) is 18.1 Å². The summed E-state index contributed by atoms with van der Waals surface area (Å²) in [6.07, 6.45) is 12.4. The third-order valence-electron chi connectivity index (χ3n) is 12.0. The summed E-state index contributed by atoms with van der Waals surface area (Å²) in [7, 11) is 1.83. The van der Waals surface area contributed by atoms with Gasteiger partial charge < -0.3 is 4.74 Å². The molecule has 6 heteroatoms. The monoisotopic (exact) mass is 502 g/mol. The second kappa shape index (κ2) is 6.91. The Morgan fingerprint density at radius 3 is 2.39 bits per heavy atom. The normalized spacial score (nSPS) is 45.7. The molecule has 8 saturated carbocycles. The van der Waals surface area contributed by atoms with Crippen LogP contribution in [0.15, 0.2) is 11.6 Å². The van der Waals surface area contributed by atoms with Gasteiger partial charge in [0.1, 0.15) is 6.54 Å². The van der Waals surface area contributed by atoms with Crippen molar-refractivity contribution in [1.82, 2.24) is 4.90 Å². The Morgan fingerprint density at radius 1 is 1.11 bits per heavy atom. The summed E-state index contributed by atoms with van der Waals surface area (Å²) >= 11 is 2.00. The number of hydrogen-bond donors (Lipinski definition) is 0. The molecule has 9 fully saturated rings. The number of nitrogens with zero attached hydrogens (tertiary/aromatic N) is 2. The number of nitriles is 1. The van der Waals surface area contributed by atoms with Crippen LogP contribution in [0.25, 0.3) is 5.57 Å². The van der Waals surface area contributed by atoms with Crippen molar-refractivity contribution in [2.45, 2.75) is 88.6 Å². The first-order chi connectivity index (χ1) is 17.4. The molecular formula is C30H34N2O3S. The number of carbonyl (C=O) groups is 2. The highest BCUT2D eigenvalue weighted by Gasteiger charge is 2.86. The predicted molar refractivity (Wildman–Crippen MR) is 136 cm³/mol. The maximum absolute atomic E-state index is 14.1. The first-order valence-corrected chi connectivity index (χ1v) is 14.8. The average Bonchev–Trinajstić information content (AvgIpc) is 3.40. The summed E-state index contributed by atoms with van der Waals surface area (Å²) in [6, 6.07) is 4.52. The quantitative estimate of drug-likeness (QED) is 0.401. The van der Waals surface area contributed by atoms with Gasteiger partial charge in [-0.2, -0.15) is 5.26 Å². The van der Waals surface area contributed by atoms with E-state index in [1.54, 1.807) is 0 Å². The van der Waals surface area contributed by atoms with Crippen molar-refractivity contribution in [3.63, 3.8) is 0 Å². The maximum atomic E-state index is 14.1. The van der Waals surface area contributed by atoms with Gasteiger partial charge in [0.2, 0.25) is 5.91 Å². The van der Waals surface area contributed by atoms with Crippen molar-refractivity contribution in [3.8, 4) is 6.07 Å². The summed E-state index contributed by atoms with van der Waals surface area (Å²) in [5.74, 6) is 1.48. The van der Waals surface area contributed by atoms with Gasteiger partial charge in [-0.25, -0.2) is 0 Å². The Hall–Kier alpha value is -1.97. The van der Waals surface area contributed by atoms with Crippen LogP contribution in [0.1, 0.15) is 92.4 Å². The molecule has 9 aliphatic carbocycles. The zero-order valence-electron chi connectivity index (χ0n) is 21.3. The van der Waals surface area contributed by atoms with Crippen LogP contribution in [0.5, 0.6) is 0 Å². The molecule has 4 bridgehead atoms. The van der Waals surface area contributed by atoms with Gasteiger partial charge in [-0.3, -0.25) is 14.5 Å². The first kappa shape index (κ1) is 22.1. The molecule has 1 aliphatic heterocycles. The van der Waals surface area contributed by atoms with Gasteiger partial charge in [-0.15, -0.1) is 11.3 Å². The SMILES string of the molecule is COC1CCC(c2cc3c(s2)C2(C4C(=O)N(CC#N)C(=O)C4=C3C)C34CC5CC(C3)CC2(C5)C4)CC1. The molecule has 1 unspecified atom stereocenters. The second-order valence-electron chi connectivity index (χ2n) is 13.3. The van der Waals surface area contributed by atoms with E-state index < -0.39 is 0 Å². The smallest absolute Gasteiger partial charge is 0.258 e. The van der Waals surface area contributed by atoms with Crippen molar-refractivity contribution < 1.29 is 14.3 Å². The van der Waals surface area contributed by atoms with Gasteiger partial charge in [0, 0.05) is 27.9 Å². The highest BCUT2D eigenvalue weighted by Crippen LogP contribution is 2.89. The van der Waals surface area contributed by atoms with Crippen LogP contribution in [-0.2, 0) is 19.7 Å². The van der Waals surface area contributed by atoms with Gasteiger partial charge in [0.25, 0.3) is 5.91 Å². The molecule has 1 aromatic heterocycles. The lowest BCUT2D eigenvalue weighted by Crippen LogP contribution is -2.81. The van der Waals surface area contributed by atoms with Crippen molar-refractivity contribution in [3.05, 3.63) is 27.0 Å². The topological polar surface area (TPSA) is 70.4 Å². The minimum atomic E-state index is -0.379. The van der Waals surface area contributed by atoms with Crippen molar-refractivity contribution in [2.24, 2.45) is 28.6 Å². The van der Waals surface area contributed by atoms with E-state index in [2.05, 4.69) is 19.1 Å². The van der Waals surface area contributed by atoms with Crippen molar-refractivity contribution >= 4 is 28.7 Å². The number of imide groups is 1. The number of methoxy groups -OCH3 is 1. The third-order valence-corrected chi connectivity index (χ3v) is 13.4. The van der Waals surface area contributed by atoms with E-state index in [-0.39, 0.29) is 40.5 Å². The fourth-order valence-corrected chi connectivity index (χ4v) is 13.3. The highest BCUT2D eigenvalue weighted by molar-refractivity contribution is 7.12. The summed E-state index contributed by atoms with van der Waals surface area (Å²) < 4.78 is 5.64. The Balaban J connectivity index is 1.33. The van der Waals surface area contributed by atoms with Gasteiger partial charge in [-0.1, -0.05) is 0 Å². The molecule has 2 heterocycles. The first-order valence-electron chi connectivity index (χ1n) is 14.0. The summed E-state index contributed by atoms with van der Waals surface area (Å²) in [6.45, 7) is 1.94. The van der Waals surface area contributed by atoms with Crippen LogP contribution < -0.4 is 0 Å². The molecule has 3 spiro atoms. The summed E-state index contributed by atoms with van der Waals surface area (Å²) in [5.41, 5.74) is 3.07. The minimum absolute atomic E-state index is 0.0805. The molecular weight excluding hydrogens is 468 g/mol. The Labute approximate surface area is 216 Å². The van der Waals surface area contributed by atoms with E-state index in [9.17, 15) is 14.9 Å². The molecule has 10 aliphatic rings. The number of rotatable bonds is 3. The van der Waals surface area contributed by atoms with Crippen LogP contribution in [0.3, 0.4) is 0 Å². The highest BCUT2D eigenvalue weighted by atomic mass is 32.1. The van der Waals surface area contributed by atoms with E-state index in [0.717, 1.165) is 48.7 Å². The maximum Gasteiger partial charge on any atom is 0.258 e. The fourth-order valence-electron chi connectivity index (χ4n) is 11.4. The fraction of sp³-hybridized carbons (Fsp3) is 0.700. The van der Waals surface area contributed by atoms with Gasteiger partial charge >= 0.3 is 0 Å². The van der Waals surface area contributed by atoms with E-state index in [4.69, 9.17) is 4.74 Å². The van der Waals surface area contributed by atoms with Crippen LogP contribution in [0, 0.1) is 39.9 Å². The lowest BCUT2D eigenvalue weighted by molar-refractivity contribution is -0.308. The molecule has 0 radical (unpaired) electrons. The van der Waals surface area contributed by atoms with E-state index in [1.165, 1.54) is 58.7 Å². The van der Waals surface area contributed by atoms with Crippen LogP contribution in [0.4, 0.5) is 0 Å². The van der Waals surface area contributed by atoms with Crippen LogP contribution >= 0.6 is 11.3 Å². The lowest BCUT2D eigenvalue weighted by atomic mass is 9.19. The molecule has 0 aromatic carbocycles. The molecule has 188 valence electrons. The van der Waals surface area contributed by atoms with Gasteiger partial charge in [-0.05, 0) is 117 Å². The van der Waals surface area contributed by atoms with Gasteiger partial charge in [0.15, 0.2) is 0 Å². The molecule has 1 aromatic rings. The van der Waals surface area contributed by atoms with Crippen LogP contribution in [0.2, 0.25) is 0 Å². The Morgan fingerprint density at radius 2 is 1.78 bits per heavy atom. The molecule has 5 nitrogen and oxygen atoms in total. The lowest BCUT2D eigenvalue weighted by Gasteiger charge is -2.84. The number of carbonyl (C=O) groups excluding carboxylic acids is 2. The number of allylic oxidation sites excluding steroid dienone is 1. The second-order valence-corrected chi connectivity index (χ2v) is 14.4.